The Kier molecular flexibility index (Phi) is 8.61. The fraction of sp³-hybridized carbons (Fsp3) is 0.400. The van der Waals surface area contributed by atoms with Crippen LogP contribution < -0.4 is 10.8 Å². The fourth-order valence-electron chi connectivity index (χ4n) is 3.97. The number of carboxylic acid groups (broad SMARTS) is 1. The third-order valence-corrected chi connectivity index (χ3v) is 6.01. The van der Waals surface area contributed by atoms with E-state index in [1.807, 2.05) is 55.5 Å². The minimum absolute atomic E-state index is 0.109. The Hall–Kier alpha value is -3.43. The van der Waals surface area contributed by atoms with Crippen LogP contribution in [0.25, 0.3) is 11.1 Å². The van der Waals surface area contributed by atoms with Gasteiger partial charge in [-0.15, -0.1) is 0 Å². The molecule has 0 radical (unpaired) electrons. The maximum absolute atomic E-state index is 12.7. The second-order valence-electron chi connectivity index (χ2n) is 8.20. The summed E-state index contributed by atoms with van der Waals surface area (Å²) in [5.41, 5.74) is 6.52. The molecule has 0 aromatic heterocycles. The number of alkyl carbamates (subject to hydrolysis) is 1. The van der Waals surface area contributed by atoms with Crippen LogP contribution in [0.15, 0.2) is 48.5 Å². The van der Waals surface area contributed by atoms with Crippen LogP contribution in [-0.2, 0) is 23.9 Å². The third-order valence-electron chi connectivity index (χ3n) is 6.01. The van der Waals surface area contributed by atoms with Gasteiger partial charge < -0.3 is 19.9 Å². The lowest BCUT2D eigenvalue weighted by Gasteiger charge is -2.24. The third kappa shape index (κ3) is 5.73. The zero-order valence-corrected chi connectivity index (χ0v) is 19.4. The van der Waals surface area contributed by atoms with Crippen LogP contribution in [0.4, 0.5) is 4.79 Å². The SMILES string of the molecule is CCC(C)C(NC(=O)OCC1c2ccccc2-c2ccccc21)C(=O)NOC(COC)C(=O)O. The molecule has 0 bridgehead atoms. The van der Waals surface area contributed by atoms with Crippen LogP contribution in [0.5, 0.6) is 0 Å². The summed E-state index contributed by atoms with van der Waals surface area (Å²) in [7, 11) is 1.32. The van der Waals surface area contributed by atoms with E-state index in [0.29, 0.717) is 6.42 Å². The molecule has 9 nitrogen and oxygen atoms in total. The normalized spacial score (nSPS) is 14.9. The van der Waals surface area contributed by atoms with Crippen LogP contribution >= 0.6 is 0 Å². The number of carbonyl (C=O) groups is 3. The number of hydrogen-bond acceptors (Lipinski definition) is 6. The predicted octanol–water partition coefficient (Wildman–Crippen LogP) is 3.09. The van der Waals surface area contributed by atoms with E-state index in [1.165, 1.54) is 7.11 Å². The van der Waals surface area contributed by atoms with E-state index in [0.717, 1.165) is 22.3 Å². The van der Waals surface area contributed by atoms with Gasteiger partial charge in [0, 0.05) is 13.0 Å². The highest BCUT2D eigenvalue weighted by atomic mass is 16.7. The standard InChI is InChI=1S/C25H30N2O7/c1-4-15(2)22(23(28)27-34-21(14-32-3)24(29)30)26-25(31)33-13-20-18-11-7-5-9-16(18)17-10-6-8-12-19(17)20/h5-12,15,20-22H,4,13-14H2,1-3H3,(H,26,31)(H,27,28)(H,29,30). The molecule has 3 unspecified atom stereocenters. The molecule has 182 valence electrons. The molecule has 0 spiro atoms. The average molecular weight is 471 g/mol. The first kappa shape index (κ1) is 25.2. The smallest absolute Gasteiger partial charge is 0.407 e. The van der Waals surface area contributed by atoms with Crippen molar-refractivity contribution in [2.45, 2.75) is 38.3 Å². The van der Waals surface area contributed by atoms with Crippen LogP contribution in [0.3, 0.4) is 0 Å². The number of benzene rings is 2. The van der Waals surface area contributed by atoms with Gasteiger partial charge in [-0.05, 0) is 28.2 Å². The molecule has 3 atom stereocenters. The minimum atomic E-state index is -1.37. The zero-order valence-electron chi connectivity index (χ0n) is 19.4. The first-order chi connectivity index (χ1) is 16.4. The van der Waals surface area contributed by atoms with Gasteiger partial charge in [-0.1, -0.05) is 68.8 Å². The molecular formula is C25H30N2O7. The van der Waals surface area contributed by atoms with Crippen LogP contribution in [-0.4, -0.2) is 55.5 Å². The van der Waals surface area contributed by atoms with Crippen LogP contribution in [0.1, 0.15) is 37.3 Å². The highest BCUT2D eigenvalue weighted by molar-refractivity contribution is 5.85. The number of aliphatic carboxylic acids is 1. The molecule has 1 aliphatic carbocycles. The molecular weight excluding hydrogens is 440 g/mol. The lowest BCUT2D eigenvalue weighted by molar-refractivity contribution is -0.165. The number of fused-ring (bicyclic) bond motifs is 3. The number of nitrogens with one attached hydrogen (secondary N) is 2. The summed E-state index contributed by atoms with van der Waals surface area (Å²) in [6, 6.07) is 15.0. The second kappa shape index (κ2) is 11.6. The summed E-state index contributed by atoms with van der Waals surface area (Å²) in [5.74, 6) is -2.32. The van der Waals surface area contributed by atoms with Gasteiger partial charge in [-0.25, -0.2) is 15.1 Å². The Bertz CT molecular complexity index is 980. The molecule has 9 heteroatoms. The van der Waals surface area contributed by atoms with Crippen molar-refractivity contribution < 1.29 is 33.8 Å². The number of rotatable bonds is 11. The van der Waals surface area contributed by atoms with E-state index >= 15 is 0 Å². The van der Waals surface area contributed by atoms with E-state index < -0.39 is 30.1 Å². The number of carboxylic acids is 1. The fourth-order valence-corrected chi connectivity index (χ4v) is 3.97. The van der Waals surface area contributed by atoms with Crippen molar-refractivity contribution in [1.29, 1.82) is 0 Å². The van der Waals surface area contributed by atoms with Crippen molar-refractivity contribution in [1.82, 2.24) is 10.8 Å². The van der Waals surface area contributed by atoms with Crippen LogP contribution in [0.2, 0.25) is 0 Å². The topological polar surface area (TPSA) is 123 Å². The highest BCUT2D eigenvalue weighted by Gasteiger charge is 2.31. The Morgan fingerprint density at radius 1 is 1.03 bits per heavy atom. The van der Waals surface area contributed by atoms with Gasteiger partial charge in [0.15, 0.2) is 0 Å². The monoisotopic (exact) mass is 470 g/mol. The van der Waals surface area contributed by atoms with E-state index in [9.17, 15) is 14.4 Å². The van der Waals surface area contributed by atoms with Gasteiger partial charge in [-0.3, -0.25) is 9.63 Å². The van der Waals surface area contributed by atoms with E-state index in [1.54, 1.807) is 6.92 Å². The molecule has 34 heavy (non-hydrogen) atoms. The molecule has 3 N–H and O–H groups in total. The first-order valence-corrected chi connectivity index (χ1v) is 11.2. The molecule has 0 saturated heterocycles. The number of hydroxylamine groups is 1. The van der Waals surface area contributed by atoms with Crippen molar-refractivity contribution >= 4 is 18.0 Å². The Morgan fingerprint density at radius 2 is 1.62 bits per heavy atom. The number of ether oxygens (including phenoxy) is 2. The molecule has 2 aromatic carbocycles. The molecule has 0 heterocycles. The van der Waals surface area contributed by atoms with Gasteiger partial charge in [0.05, 0.1) is 6.61 Å². The largest absolute Gasteiger partial charge is 0.479 e. The molecule has 0 saturated carbocycles. The van der Waals surface area contributed by atoms with Crippen molar-refractivity contribution in [3.05, 3.63) is 59.7 Å². The van der Waals surface area contributed by atoms with E-state index in [-0.39, 0.29) is 25.0 Å². The quantitative estimate of drug-likeness (QED) is 0.431. The summed E-state index contributed by atoms with van der Waals surface area (Å²) in [5, 5.41) is 11.7. The van der Waals surface area contributed by atoms with Gasteiger partial charge in [0.2, 0.25) is 6.10 Å². The van der Waals surface area contributed by atoms with Crippen LogP contribution in [0, 0.1) is 5.92 Å². The lowest BCUT2D eigenvalue weighted by Crippen LogP contribution is -2.51. The summed E-state index contributed by atoms with van der Waals surface area (Å²) in [6.07, 6.45) is -1.53. The van der Waals surface area contributed by atoms with Gasteiger partial charge in [0.25, 0.3) is 5.91 Å². The first-order valence-electron chi connectivity index (χ1n) is 11.2. The van der Waals surface area contributed by atoms with Gasteiger partial charge >= 0.3 is 12.1 Å². The molecule has 1 aliphatic rings. The van der Waals surface area contributed by atoms with E-state index in [4.69, 9.17) is 19.4 Å². The molecule has 0 fully saturated rings. The predicted molar refractivity (Wildman–Crippen MR) is 124 cm³/mol. The molecule has 3 rings (SSSR count). The maximum Gasteiger partial charge on any atom is 0.407 e. The van der Waals surface area contributed by atoms with Gasteiger partial charge in [-0.2, -0.15) is 0 Å². The van der Waals surface area contributed by atoms with Gasteiger partial charge in [0.1, 0.15) is 12.6 Å². The van der Waals surface area contributed by atoms with Crippen molar-refractivity contribution in [2.24, 2.45) is 5.92 Å². The van der Waals surface area contributed by atoms with Crippen molar-refractivity contribution in [3.8, 4) is 11.1 Å². The molecule has 0 aliphatic heterocycles. The Balaban J connectivity index is 1.63. The lowest BCUT2D eigenvalue weighted by atomic mass is 9.98. The number of carbonyl (C=O) groups excluding carboxylic acids is 2. The summed E-state index contributed by atoms with van der Waals surface area (Å²) >= 11 is 0. The summed E-state index contributed by atoms with van der Waals surface area (Å²) < 4.78 is 10.3. The Labute approximate surface area is 198 Å². The van der Waals surface area contributed by atoms with E-state index in [2.05, 4.69) is 10.8 Å². The minimum Gasteiger partial charge on any atom is -0.479 e. The Morgan fingerprint density at radius 3 is 2.15 bits per heavy atom. The second-order valence-corrected chi connectivity index (χ2v) is 8.20. The number of hydrogen-bond donors (Lipinski definition) is 3. The summed E-state index contributed by atoms with van der Waals surface area (Å²) in [6.45, 7) is 3.53. The average Bonchev–Trinajstić information content (AvgIpc) is 3.16. The summed E-state index contributed by atoms with van der Waals surface area (Å²) in [4.78, 5) is 41.4. The van der Waals surface area contributed by atoms with Crippen molar-refractivity contribution in [3.63, 3.8) is 0 Å². The zero-order chi connectivity index (χ0) is 24.7. The number of amides is 2. The molecule has 2 amide bonds. The molecule has 2 aromatic rings. The maximum atomic E-state index is 12.7. The highest BCUT2D eigenvalue weighted by Crippen LogP contribution is 2.44. The number of methoxy groups -OCH3 is 1. The van der Waals surface area contributed by atoms with Crippen molar-refractivity contribution in [2.75, 3.05) is 20.3 Å².